The van der Waals surface area contributed by atoms with Crippen molar-refractivity contribution in [2.24, 2.45) is 0 Å². The van der Waals surface area contributed by atoms with E-state index >= 15 is 0 Å². The van der Waals surface area contributed by atoms with Gasteiger partial charge in [0.05, 0.1) is 5.52 Å². The number of anilines is 2. The topological polar surface area (TPSA) is 80.0 Å². The van der Waals surface area contributed by atoms with Gasteiger partial charge in [0, 0.05) is 47.1 Å². The highest BCUT2D eigenvalue weighted by Crippen LogP contribution is 2.27. The lowest BCUT2D eigenvalue weighted by Crippen LogP contribution is -2.10. The van der Waals surface area contributed by atoms with Crippen LogP contribution >= 0.6 is 11.6 Å². The summed E-state index contributed by atoms with van der Waals surface area (Å²) in [5.74, 6) is -0.793. The van der Waals surface area contributed by atoms with Gasteiger partial charge in [-0.1, -0.05) is 30.9 Å². The van der Waals surface area contributed by atoms with E-state index in [4.69, 9.17) is 11.6 Å². The Labute approximate surface area is 199 Å². The van der Waals surface area contributed by atoms with Crippen LogP contribution in [-0.4, -0.2) is 37.7 Å². The number of hydrogen-bond acceptors (Lipinski definition) is 6. The minimum Gasteiger partial charge on any atom is -0.384 e. The summed E-state index contributed by atoms with van der Waals surface area (Å²) in [6.45, 7) is 3.21. The predicted octanol–water partition coefficient (Wildman–Crippen LogP) is 6.13. The molecule has 0 atom stereocenters. The molecule has 7 nitrogen and oxygen atoms in total. The Bertz CT molecular complexity index is 1270. The first-order valence-corrected chi connectivity index (χ1v) is 11.5. The van der Waals surface area contributed by atoms with Crippen LogP contribution in [0.5, 0.6) is 0 Å². The average Bonchev–Trinajstić information content (AvgIpc) is 3.22. The van der Waals surface area contributed by atoms with Crippen molar-refractivity contribution in [2.45, 2.75) is 45.2 Å². The lowest BCUT2D eigenvalue weighted by Gasteiger charge is -2.10. The summed E-state index contributed by atoms with van der Waals surface area (Å²) in [6.07, 6.45) is 2.27. The van der Waals surface area contributed by atoms with Gasteiger partial charge in [0.25, 0.3) is 11.6 Å². The van der Waals surface area contributed by atoms with Crippen LogP contribution in [0.3, 0.4) is 0 Å². The zero-order chi connectivity index (χ0) is 24.1. The van der Waals surface area contributed by atoms with E-state index in [-0.39, 0.29) is 5.78 Å². The standard InChI is InChI=1S/C23H25ClF3N7/c1-15-13-20(34-22(31-15)32-21(33-34)23(25,26)27)30-11-6-4-2-3-5-10-28-18-9-12-29-19-14-16(24)7-8-17(18)19/h7-9,12-14,30H,2-6,10-11H2,1H3,(H,28,29). The van der Waals surface area contributed by atoms with E-state index in [2.05, 4.69) is 30.7 Å². The number of aryl methyl sites for hydroxylation is 1. The normalized spacial score (nSPS) is 11.9. The Morgan fingerprint density at radius 2 is 1.68 bits per heavy atom. The monoisotopic (exact) mass is 491 g/mol. The predicted molar refractivity (Wildman–Crippen MR) is 127 cm³/mol. The first kappa shape index (κ1) is 24.0. The van der Waals surface area contributed by atoms with Crippen molar-refractivity contribution in [2.75, 3.05) is 23.7 Å². The minimum absolute atomic E-state index is 0.0626. The van der Waals surface area contributed by atoms with Gasteiger partial charge in [-0.25, -0.2) is 4.98 Å². The maximum Gasteiger partial charge on any atom is 0.453 e. The fourth-order valence-electron chi connectivity index (χ4n) is 3.73. The van der Waals surface area contributed by atoms with Crippen LogP contribution < -0.4 is 10.6 Å². The lowest BCUT2D eigenvalue weighted by atomic mass is 10.1. The van der Waals surface area contributed by atoms with Gasteiger partial charge in [0.15, 0.2) is 0 Å². The smallest absolute Gasteiger partial charge is 0.384 e. The Hall–Kier alpha value is -3.14. The van der Waals surface area contributed by atoms with Crippen LogP contribution in [0.1, 0.15) is 43.6 Å². The molecule has 0 fully saturated rings. The second kappa shape index (κ2) is 10.4. The molecule has 0 bridgehead atoms. The molecule has 180 valence electrons. The zero-order valence-electron chi connectivity index (χ0n) is 18.7. The second-order valence-electron chi connectivity index (χ2n) is 8.07. The Kier molecular flexibility index (Phi) is 7.35. The highest BCUT2D eigenvalue weighted by molar-refractivity contribution is 6.31. The molecular weight excluding hydrogens is 467 g/mol. The molecule has 0 amide bonds. The molecule has 0 spiro atoms. The molecule has 3 heterocycles. The van der Waals surface area contributed by atoms with Crippen molar-refractivity contribution in [3.05, 3.63) is 53.1 Å². The van der Waals surface area contributed by atoms with Gasteiger partial charge >= 0.3 is 6.18 Å². The Morgan fingerprint density at radius 3 is 2.44 bits per heavy atom. The first-order chi connectivity index (χ1) is 16.3. The number of aromatic nitrogens is 5. The molecule has 4 aromatic rings. The number of unbranched alkanes of at least 4 members (excludes halogenated alkanes) is 4. The molecular formula is C23H25ClF3N7. The number of nitrogens with one attached hydrogen (secondary N) is 2. The molecule has 2 N–H and O–H groups in total. The summed E-state index contributed by atoms with van der Waals surface area (Å²) in [5, 5.41) is 11.9. The lowest BCUT2D eigenvalue weighted by molar-refractivity contribution is -0.144. The quantitative estimate of drug-likeness (QED) is 0.260. The molecule has 3 aromatic heterocycles. The summed E-state index contributed by atoms with van der Waals surface area (Å²) in [6, 6.07) is 9.33. The number of fused-ring (bicyclic) bond motifs is 2. The van der Waals surface area contributed by atoms with Gasteiger partial charge in [-0.3, -0.25) is 4.98 Å². The fourth-order valence-corrected chi connectivity index (χ4v) is 3.89. The molecule has 0 radical (unpaired) electrons. The molecule has 0 aliphatic carbocycles. The molecule has 0 aliphatic rings. The van der Waals surface area contributed by atoms with Gasteiger partial charge in [0.2, 0.25) is 0 Å². The molecule has 0 saturated heterocycles. The van der Waals surface area contributed by atoms with E-state index in [0.717, 1.165) is 59.8 Å². The second-order valence-corrected chi connectivity index (χ2v) is 8.51. The van der Waals surface area contributed by atoms with Gasteiger partial charge in [-0.2, -0.15) is 22.7 Å². The summed E-state index contributed by atoms with van der Waals surface area (Å²) >= 11 is 6.04. The molecule has 4 rings (SSSR count). The summed E-state index contributed by atoms with van der Waals surface area (Å²) in [4.78, 5) is 11.9. The van der Waals surface area contributed by atoms with Gasteiger partial charge < -0.3 is 10.6 Å². The van der Waals surface area contributed by atoms with Gasteiger partial charge in [-0.15, -0.1) is 5.10 Å². The SMILES string of the molecule is Cc1cc(NCCCCCCCNc2ccnc3cc(Cl)ccc23)n2nc(C(F)(F)F)nc2n1. The summed E-state index contributed by atoms with van der Waals surface area (Å²) < 4.78 is 39.9. The van der Waals surface area contributed by atoms with E-state index in [1.54, 1.807) is 19.2 Å². The minimum atomic E-state index is -4.61. The van der Waals surface area contributed by atoms with Gasteiger partial charge in [-0.05, 0) is 44.0 Å². The van der Waals surface area contributed by atoms with Crippen molar-refractivity contribution < 1.29 is 13.2 Å². The number of halogens is 4. The molecule has 0 saturated carbocycles. The number of benzene rings is 1. The van der Waals surface area contributed by atoms with Crippen LogP contribution in [0.4, 0.5) is 24.7 Å². The van der Waals surface area contributed by atoms with Crippen LogP contribution in [0.15, 0.2) is 36.5 Å². The largest absolute Gasteiger partial charge is 0.453 e. The number of hydrogen-bond donors (Lipinski definition) is 2. The third kappa shape index (κ3) is 5.85. The third-order valence-corrected chi connectivity index (χ3v) is 5.61. The Balaban J connectivity index is 1.18. The number of nitrogens with zero attached hydrogens (tertiary/aromatic N) is 5. The van der Waals surface area contributed by atoms with E-state index in [9.17, 15) is 13.2 Å². The van der Waals surface area contributed by atoms with Gasteiger partial charge in [0.1, 0.15) is 5.82 Å². The van der Waals surface area contributed by atoms with Crippen LogP contribution in [0.25, 0.3) is 16.7 Å². The highest BCUT2D eigenvalue weighted by Gasteiger charge is 2.36. The zero-order valence-corrected chi connectivity index (χ0v) is 19.4. The first-order valence-electron chi connectivity index (χ1n) is 11.1. The van der Waals surface area contributed by atoms with E-state index in [1.807, 2.05) is 24.3 Å². The van der Waals surface area contributed by atoms with E-state index < -0.39 is 12.0 Å². The van der Waals surface area contributed by atoms with Crippen LogP contribution in [0.2, 0.25) is 5.02 Å². The maximum absolute atomic E-state index is 12.9. The van der Waals surface area contributed by atoms with Crippen molar-refractivity contribution >= 4 is 39.8 Å². The summed E-state index contributed by atoms with van der Waals surface area (Å²) in [7, 11) is 0. The van der Waals surface area contributed by atoms with Crippen molar-refractivity contribution in [3.8, 4) is 0 Å². The highest BCUT2D eigenvalue weighted by atomic mass is 35.5. The molecule has 34 heavy (non-hydrogen) atoms. The van der Waals surface area contributed by atoms with Crippen molar-refractivity contribution in [1.29, 1.82) is 0 Å². The fraction of sp³-hybridized carbons (Fsp3) is 0.391. The number of rotatable bonds is 10. The molecule has 11 heteroatoms. The number of pyridine rings is 1. The van der Waals surface area contributed by atoms with Crippen LogP contribution in [-0.2, 0) is 6.18 Å². The number of alkyl halides is 3. The molecule has 0 unspecified atom stereocenters. The average molecular weight is 492 g/mol. The van der Waals surface area contributed by atoms with Crippen molar-refractivity contribution in [3.63, 3.8) is 0 Å². The third-order valence-electron chi connectivity index (χ3n) is 5.37. The summed E-state index contributed by atoms with van der Waals surface area (Å²) in [5.41, 5.74) is 2.49. The van der Waals surface area contributed by atoms with E-state index in [1.165, 1.54) is 0 Å². The molecule has 1 aromatic carbocycles. The van der Waals surface area contributed by atoms with Crippen molar-refractivity contribution in [1.82, 2.24) is 24.6 Å². The maximum atomic E-state index is 12.9. The van der Waals surface area contributed by atoms with Crippen LogP contribution in [0, 0.1) is 6.92 Å². The molecule has 0 aliphatic heterocycles. The van der Waals surface area contributed by atoms with E-state index in [0.29, 0.717) is 23.1 Å². The Morgan fingerprint density at radius 1 is 0.941 bits per heavy atom.